The van der Waals surface area contributed by atoms with Crippen LogP contribution in [0.3, 0.4) is 0 Å². The number of benzene rings is 3. The van der Waals surface area contributed by atoms with Crippen LogP contribution in [0.2, 0.25) is 5.02 Å². The van der Waals surface area contributed by atoms with Gasteiger partial charge in [-0.3, -0.25) is 9.59 Å². The van der Waals surface area contributed by atoms with E-state index in [0.29, 0.717) is 32.9 Å². The standard InChI is InChI=1S/C26H19ClN2O3/c1-15-10-12-16(13-11-15)24(30)25-23(17-6-3-4-9-22(17)32-25)28-26(31)21-14-18-19(27)7-5-8-20(18)29(21)2/h3-14H,1-2H3,(H,28,31). The van der Waals surface area contributed by atoms with Crippen molar-refractivity contribution in [1.29, 1.82) is 0 Å². The van der Waals surface area contributed by atoms with E-state index in [1.807, 2.05) is 49.4 Å². The Morgan fingerprint density at radius 1 is 0.938 bits per heavy atom. The van der Waals surface area contributed by atoms with Gasteiger partial charge in [0.2, 0.25) is 5.78 Å². The molecule has 0 aliphatic carbocycles. The van der Waals surface area contributed by atoms with E-state index >= 15 is 0 Å². The molecule has 0 saturated carbocycles. The largest absolute Gasteiger partial charge is 0.450 e. The molecule has 0 spiro atoms. The highest BCUT2D eigenvalue weighted by atomic mass is 35.5. The van der Waals surface area contributed by atoms with E-state index in [2.05, 4.69) is 5.32 Å². The Morgan fingerprint density at radius 2 is 1.69 bits per heavy atom. The second-order valence-corrected chi connectivity index (χ2v) is 8.12. The molecule has 6 heteroatoms. The number of aryl methyl sites for hydroxylation is 2. The van der Waals surface area contributed by atoms with Crippen molar-refractivity contribution in [3.05, 3.63) is 100 Å². The van der Waals surface area contributed by atoms with Crippen LogP contribution in [0, 0.1) is 6.92 Å². The van der Waals surface area contributed by atoms with E-state index in [-0.39, 0.29) is 17.5 Å². The van der Waals surface area contributed by atoms with Gasteiger partial charge in [-0.05, 0) is 37.3 Å². The summed E-state index contributed by atoms with van der Waals surface area (Å²) in [6.45, 7) is 1.96. The van der Waals surface area contributed by atoms with Crippen molar-refractivity contribution in [2.45, 2.75) is 6.92 Å². The molecule has 1 N–H and O–H groups in total. The Labute approximate surface area is 189 Å². The van der Waals surface area contributed by atoms with Crippen molar-refractivity contribution in [3.63, 3.8) is 0 Å². The van der Waals surface area contributed by atoms with Gasteiger partial charge in [0.25, 0.3) is 5.91 Å². The maximum absolute atomic E-state index is 13.3. The zero-order valence-electron chi connectivity index (χ0n) is 17.5. The average molecular weight is 443 g/mol. The molecule has 0 aliphatic rings. The van der Waals surface area contributed by atoms with Crippen molar-refractivity contribution >= 4 is 50.9 Å². The molecule has 0 fully saturated rings. The molecule has 2 aromatic heterocycles. The molecule has 0 atom stereocenters. The topological polar surface area (TPSA) is 64.2 Å². The fourth-order valence-electron chi connectivity index (χ4n) is 3.89. The molecule has 0 saturated heterocycles. The molecule has 0 unspecified atom stereocenters. The number of nitrogens with one attached hydrogen (secondary N) is 1. The molecule has 0 radical (unpaired) electrons. The predicted molar refractivity (Wildman–Crippen MR) is 127 cm³/mol. The zero-order chi connectivity index (χ0) is 22.4. The number of carbonyl (C=O) groups is 2. The second kappa shape index (κ2) is 7.70. The van der Waals surface area contributed by atoms with E-state index in [1.165, 1.54) is 0 Å². The van der Waals surface area contributed by atoms with E-state index in [9.17, 15) is 9.59 Å². The van der Waals surface area contributed by atoms with Gasteiger partial charge >= 0.3 is 0 Å². The van der Waals surface area contributed by atoms with Crippen LogP contribution in [0.4, 0.5) is 5.69 Å². The number of hydrogen-bond acceptors (Lipinski definition) is 3. The quantitative estimate of drug-likeness (QED) is 0.329. The second-order valence-electron chi connectivity index (χ2n) is 7.71. The number of aromatic nitrogens is 1. The summed E-state index contributed by atoms with van der Waals surface area (Å²) in [7, 11) is 1.80. The minimum Gasteiger partial charge on any atom is -0.450 e. The van der Waals surface area contributed by atoms with Crippen LogP contribution in [0.1, 0.15) is 32.2 Å². The number of hydrogen-bond donors (Lipinski definition) is 1. The third kappa shape index (κ3) is 3.27. The minimum atomic E-state index is -0.357. The molecule has 5 rings (SSSR count). The van der Waals surface area contributed by atoms with Crippen molar-refractivity contribution < 1.29 is 14.0 Å². The number of carbonyl (C=O) groups excluding carboxylic acids is 2. The number of anilines is 1. The molecule has 5 nitrogen and oxygen atoms in total. The van der Waals surface area contributed by atoms with Crippen LogP contribution >= 0.6 is 11.6 Å². The Bertz CT molecular complexity index is 1510. The number of furan rings is 1. The first-order valence-corrected chi connectivity index (χ1v) is 10.5. The molecular formula is C26H19ClN2O3. The lowest BCUT2D eigenvalue weighted by Crippen LogP contribution is -2.17. The van der Waals surface area contributed by atoms with Crippen LogP contribution in [0.5, 0.6) is 0 Å². The summed E-state index contributed by atoms with van der Waals surface area (Å²) in [5, 5.41) is 4.93. The molecular weight excluding hydrogens is 424 g/mol. The first kappa shape index (κ1) is 20.1. The van der Waals surface area contributed by atoms with Gasteiger partial charge < -0.3 is 14.3 Å². The van der Waals surface area contributed by atoms with E-state index < -0.39 is 0 Å². The Kier molecular flexibility index (Phi) is 4.83. The lowest BCUT2D eigenvalue weighted by molar-refractivity contribution is 0.101. The van der Waals surface area contributed by atoms with E-state index in [0.717, 1.165) is 16.5 Å². The van der Waals surface area contributed by atoms with Crippen LogP contribution in [-0.4, -0.2) is 16.3 Å². The predicted octanol–water partition coefficient (Wildman–Crippen LogP) is 6.37. The highest BCUT2D eigenvalue weighted by Gasteiger charge is 2.25. The molecule has 158 valence electrons. The smallest absolute Gasteiger partial charge is 0.272 e. The van der Waals surface area contributed by atoms with Crippen LogP contribution in [0.15, 0.2) is 77.2 Å². The van der Waals surface area contributed by atoms with Crippen LogP contribution in [0.25, 0.3) is 21.9 Å². The Balaban J connectivity index is 1.60. The lowest BCUT2D eigenvalue weighted by atomic mass is 10.1. The summed E-state index contributed by atoms with van der Waals surface area (Å²) in [5.41, 5.74) is 3.68. The SMILES string of the molecule is Cc1ccc(C(=O)c2oc3ccccc3c2NC(=O)c2cc3c(Cl)cccc3n2C)cc1. The maximum Gasteiger partial charge on any atom is 0.272 e. The summed E-state index contributed by atoms with van der Waals surface area (Å²) >= 11 is 6.31. The fraction of sp³-hybridized carbons (Fsp3) is 0.0769. The number of ketones is 1. The number of rotatable bonds is 4. The summed E-state index contributed by atoms with van der Waals surface area (Å²) in [6, 6.07) is 21.8. The van der Waals surface area contributed by atoms with Gasteiger partial charge in [-0.15, -0.1) is 0 Å². The fourth-order valence-corrected chi connectivity index (χ4v) is 4.11. The van der Waals surface area contributed by atoms with Gasteiger partial charge in [0.15, 0.2) is 5.76 Å². The van der Waals surface area contributed by atoms with Crippen molar-refractivity contribution in [2.75, 3.05) is 5.32 Å². The highest BCUT2D eigenvalue weighted by Crippen LogP contribution is 2.33. The highest BCUT2D eigenvalue weighted by molar-refractivity contribution is 6.35. The molecule has 1 amide bonds. The normalized spacial score (nSPS) is 11.2. The summed E-state index contributed by atoms with van der Waals surface area (Å²) < 4.78 is 7.68. The third-order valence-corrected chi connectivity index (χ3v) is 5.95. The monoisotopic (exact) mass is 442 g/mol. The number of halogens is 1. The van der Waals surface area contributed by atoms with Gasteiger partial charge in [0.1, 0.15) is 11.3 Å². The lowest BCUT2D eigenvalue weighted by Gasteiger charge is -2.08. The maximum atomic E-state index is 13.3. The van der Waals surface area contributed by atoms with Crippen LogP contribution < -0.4 is 5.32 Å². The first-order valence-electron chi connectivity index (χ1n) is 10.1. The number of para-hydroxylation sites is 1. The molecule has 0 bridgehead atoms. The summed E-state index contributed by atoms with van der Waals surface area (Å²) in [6.07, 6.45) is 0. The minimum absolute atomic E-state index is 0.0974. The van der Waals surface area contributed by atoms with Gasteiger partial charge in [0.05, 0.1) is 5.69 Å². The Hall–Kier alpha value is -3.83. The van der Waals surface area contributed by atoms with E-state index in [4.69, 9.17) is 16.0 Å². The molecule has 3 aromatic carbocycles. The van der Waals surface area contributed by atoms with Gasteiger partial charge in [-0.2, -0.15) is 0 Å². The number of nitrogens with zero attached hydrogens (tertiary/aromatic N) is 1. The average Bonchev–Trinajstić information content (AvgIpc) is 3.33. The number of fused-ring (bicyclic) bond motifs is 2. The summed E-state index contributed by atoms with van der Waals surface area (Å²) in [4.78, 5) is 26.5. The van der Waals surface area contributed by atoms with Gasteiger partial charge in [-0.1, -0.05) is 59.6 Å². The summed E-state index contributed by atoms with van der Waals surface area (Å²) in [5.74, 6) is -0.555. The molecule has 32 heavy (non-hydrogen) atoms. The van der Waals surface area contributed by atoms with Crippen molar-refractivity contribution in [3.8, 4) is 0 Å². The Morgan fingerprint density at radius 3 is 2.44 bits per heavy atom. The van der Waals surface area contributed by atoms with Gasteiger partial charge in [-0.25, -0.2) is 0 Å². The molecule has 0 aliphatic heterocycles. The van der Waals surface area contributed by atoms with Crippen LogP contribution in [-0.2, 0) is 7.05 Å². The molecule has 2 heterocycles. The molecule has 5 aromatic rings. The van der Waals surface area contributed by atoms with Crippen molar-refractivity contribution in [2.24, 2.45) is 7.05 Å². The number of amides is 1. The van der Waals surface area contributed by atoms with E-state index in [1.54, 1.807) is 41.9 Å². The van der Waals surface area contributed by atoms with Crippen molar-refractivity contribution in [1.82, 2.24) is 4.57 Å². The van der Waals surface area contributed by atoms with Gasteiger partial charge in [0, 0.05) is 33.9 Å². The first-order chi connectivity index (χ1) is 15.4. The third-order valence-electron chi connectivity index (χ3n) is 5.62. The zero-order valence-corrected chi connectivity index (χ0v) is 18.2.